The highest BCUT2D eigenvalue weighted by Crippen LogP contribution is 2.14. The van der Waals surface area contributed by atoms with E-state index in [-0.39, 0.29) is 0 Å². The molecule has 0 unspecified atom stereocenters. The van der Waals surface area contributed by atoms with E-state index >= 15 is 0 Å². The van der Waals surface area contributed by atoms with Crippen LogP contribution in [0.15, 0.2) is 16.5 Å². The van der Waals surface area contributed by atoms with E-state index in [0.29, 0.717) is 0 Å². The van der Waals surface area contributed by atoms with Gasteiger partial charge in [-0.1, -0.05) is 0 Å². The summed E-state index contributed by atoms with van der Waals surface area (Å²) in [7, 11) is 0. The van der Waals surface area contributed by atoms with Gasteiger partial charge in [-0.05, 0) is 6.07 Å². The van der Waals surface area contributed by atoms with Gasteiger partial charge in [0.1, 0.15) is 4.92 Å². The maximum Gasteiger partial charge on any atom is 0.433 e. The van der Waals surface area contributed by atoms with E-state index in [9.17, 15) is 14.9 Å². The first kappa shape index (κ1) is 13.1. The van der Waals surface area contributed by atoms with Crippen molar-refractivity contribution in [2.24, 2.45) is 0 Å². The summed E-state index contributed by atoms with van der Waals surface area (Å²) in [5.74, 6) is -2.32. The number of nitrogens with two attached hydrogens (primary N) is 1. The zero-order chi connectivity index (χ0) is 12.7. The first-order chi connectivity index (χ1) is 8.11. The van der Waals surface area contributed by atoms with E-state index < -0.39 is 22.5 Å². The predicted octanol–water partition coefficient (Wildman–Crippen LogP) is -0.534. The molecule has 3 N–H and O–H groups in total. The molecule has 2 heterocycles. The van der Waals surface area contributed by atoms with Gasteiger partial charge in [0.2, 0.25) is 5.76 Å². The van der Waals surface area contributed by atoms with Gasteiger partial charge in [-0.25, -0.2) is 4.79 Å². The molecule has 1 aromatic rings. The number of nitrogens with zero attached hydrogens (tertiary/aromatic N) is 1. The third kappa shape index (κ3) is 4.62. The summed E-state index contributed by atoms with van der Waals surface area (Å²) >= 11 is 0. The van der Waals surface area contributed by atoms with E-state index in [1.54, 1.807) is 0 Å². The molecule has 2 rings (SSSR count). The summed E-state index contributed by atoms with van der Waals surface area (Å²) < 4.78 is 9.35. The van der Waals surface area contributed by atoms with Crippen LogP contribution in [-0.4, -0.2) is 42.3 Å². The molecular formula is C9H13N2O6+. The number of quaternary nitrogens is 1. The highest BCUT2D eigenvalue weighted by Gasteiger charge is 2.15. The Kier molecular flexibility index (Phi) is 5.11. The summed E-state index contributed by atoms with van der Waals surface area (Å²) in [5, 5.41) is 20.5. The minimum atomic E-state index is -1.32. The van der Waals surface area contributed by atoms with Crippen molar-refractivity contribution in [3.05, 3.63) is 28.0 Å². The molecule has 0 spiro atoms. The average Bonchev–Trinajstić information content (AvgIpc) is 2.81. The first-order valence-corrected chi connectivity index (χ1v) is 4.98. The number of hydrogen-bond donors (Lipinski definition) is 2. The van der Waals surface area contributed by atoms with Crippen LogP contribution in [0.2, 0.25) is 0 Å². The van der Waals surface area contributed by atoms with Crippen molar-refractivity contribution in [2.75, 3.05) is 26.3 Å². The zero-order valence-electron chi connectivity index (χ0n) is 9.00. The molecule has 0 saturated carbocycles. The Balaban J connectivity index is 0.000000202. The monoisotopic (exact) mass is 245 g/mol. The first-order valence-electron chi connectivity index (χ1n) is 4.98. The number of morpholine rings is 1. The zero-order valence-corrected chi connectivity index (χ0v) is 9.00. The van der Waals surface area contributed by atoms with E-state index in [0.717, 1.165) is 38.4 Å². The molecule has 1 fully saturated rings. The number of aromatic carboxylic acids is 1. The number of hydrogen-bond acceptors (Lipinski definition) is 5. The van der Waals surface area contributed by atoms with Crippen LogP contribution in [0.25, 0.3) is 0 Å². The Bertz CT molecular complexity index is 345. The molecule has 0 bridgehead atoms. The summed E-state index contributed by atoms with van der Waals surface area (Å²) in [6.07, 6.45) is 0. The second kappa shape index (κ2) is 6.61. The number of carbonyl (C=O) groups is 1. The fraction of sp³-hybridized carbons (Fsp3) is 0.444. The van der Waals surface area contributed by atoms with Crippen LogP contribution in [0, 0.1) is 10.1 Å². The third-order valence-electron chi connectivity index (χ3n) is 1.92. The van der Waals surface area contributed by atoms with Crippen LogP contribution in [0.1, 0.15) is 10.6 Å². The number of carboxylic acid groups (broad SMARTS) is 1. The van der Waals surface area contributed by atoms with Crippen molar-refractivity contribution < 1.29 is 29.3 Å². The molecule has 0 aliphatic carbocycles. The Morgan fingerprint density at radius 2 is 2.06 bits per heavy atom. The Hall–Kier alpha value is -1.93. The Labute approximate surface area is 96.3 Å². The molecule has 1 aromatic heterocycles. The van der Waals surface area contributed by atoms with Crippen LogP contribution in [0.5, 0.6) is 0 Å². The van der Waals surface area contributed by atoms with Crippen molar-refractivity contribution in [3.8, 4) is 0 Å². The smallest absolute Gasteiger partial charge is 0.433 e. The quantitative estimate of drug-likeness (QED) is 0.533. The SMILES string of the molecule is C1COCC[NH2+]1.O=C(O)c1ccc([N+](=O)[O-])o1. The highest BCUT2D eigenvalue weighted by atomic mass is 16.6. The maximum absolute atomic E-state index is 10.1. The van der Waals surface area contributed by atoms with Crippen LogP contribution >= 0.6 is 0 Å². The fourth-order valence-electron chi connectivity index (χ4n) is 1.12. The summed E-state index contributed by atoms with van der Waals surface area (Å²) in [6.45, 7) is 4.19. The number of nitro groups is 1. The molecule has 1 aliphatic rings. The normalized spacial score (nSPS) is 14.6. The summed E-state index contributed by atoms with van der Waals surface area (Å²) in [6, 6.07) is 2.02. The fourth-order valence-corrected chi connectivity index (χ4v) is 1.12. The molecule has 0 amide bonds. The minimum absolute atomic E-state index is 0.434. The van der Waals surface area contributed by atoms with Crippen LogP contribution in [-0.2, 0) is 4.74 Å². The molecule has 0 aromatic carbocycles. The van der Waals surface area contributed by atoms with E-state index in [2.05, 4.69) is 9.73 Å². The standard InChI is InChI=1S/C5H3NO5.C4H9NO/c7-5(8)3-1-2-4(11-3)6(9)10;1-3-6-4-2-5-1/h1-2H,(H,7,8);5H,1-4H2/p+1. The maximum atomic E-state index is 10.1. The van der Waals surface area contributed by atoms with Crippen molar-refractivity contribution in [1.29, 1.82) is 0 Å². The lowest BCUT2D eigenvalue weighted by Gasteiger charge is -2.07. The molecule has 0 radical (unpaired) electrons. The number of ether oxygens (including phenoxy) is 1. The Morgan fingerprint density at radius 1 is 1.41 bits per heavy atom. The van der Waals surface area contributed by atoms with Crippen LogP contribution in [0.3, 0.4) is 0 Å². The topological polar surface area (TPSA) is 119 Å². The highest BCUT2D eigenvalue weighted by molar-refractivity contribution is 5.84. The third-order valence-corrected chi connectivity index (χ3v) is 1.92. The molecule has 17 heavy (non-hydrogen) atoms. The van der Waals surface area contributed by atoms with Gasteiger partial charge in [-0.15, -0.1) is 0 Å². The van der Waals surface area contributed by atoms with Gasteiger partial charge in [0.15, 0.2) is 0 Å². The number of furan rings is 1. The van der Waals surface area contributed by atoms with Crippen molar-refractivity contribution >= 4 is 11.9 Å². The molecule has 1 aliphatic heterocycles. The van der Waals surface area contributed by atoms with Gasteiger partial charge < -0.3 is 19.6 Å². The lowest BCUT2D eigenvalue weighted by Crippen LogP contribution is -2.87. The van der Waals surface area contributed by atoms with Crippen molar-refractivity contribution in [3.63, 3.8) is 0 Å². The van der Waals surface area contributed by atoms with Gasteiger partial charge >= 0.3 is 11.9 Å². The molecule has 1 saturated heterocycles. The van der Waals surface area contributed by atoms with Crippen LogP contribution < -0.4 is 5.32 Å². The second-order valence-corrected chi connectivity index (χ2v) is 3.18. The number of carboxylic acids is 1. The molecule has 8 heteroatoms. The molecule has 0 atom stereocenters. The van der Waals surface area contributed by atoms with E-state index in [1.165, 1.54) is 0 Å². The second-order valence-electron chi connectivity index (χ2n) is 3.18. The lowest BCUT2D eigenvalue weighted by molar-refractivity contribution is -0.670. The molecule has 94 valence electrons. The predicted molar refractivity (Wildman–Crippen MR) is 54.8 cm³/mol. The lowest BCUT2D eigenvalue weighted by atomic mass is 10.5. The number of rotatable bonds is 2. The van der Waals surface area contributed by atoms with Gasteiger partial charge in [-0.3, -0.25) is 10.1 Å². The van der Waals surface area contributed by atoms with E-state index in [1.807, 2.05) is 0 Å². The Morgan fingerprint density at radius 3 is 2.29 bits per heavy atom. The van der Waals surface area contributed by atoms with Gasteiger partial charge in [0.05, 0.1) is 32.4 Å². The van der Waals surface area contributed by atoms with Crippen molar-refractivity contribution in [1.82, 2.24) is 0 Å². The van der Waals surface area contributed by atoms with Crippen LogP contribution in [0.4, 0.5) is 5.88 Å². The molecular weight excluding hydrogens is 232 g/mol. The van der Waals surface area contributed by atoms with E-state index in [4.69, 9.17) is 9.84 Å². The van der Waals surface area contributed by atoms with Gasteiger partial charge in [0.25, 0.3) is 0 Å². The van der Waals surface area contributed by atoms with Crippen molar-refractivity contribution in [2.45, 2.75) is 0 Å². The molecule has 8 nitrogen and oxygen atoms in total. The van der Waals surface area contributed by atoms with Gasteiger partial charge in [0, 0.05) is 0 Å². The summed E-state index contributed by atoms with van der Waals surface area (Å²) in [4.78, 5) is 19.3. The average molecular weight is 245 g/mol. The largest absolute Gasteiger partial charge is 0.475 e. The van der Waals surface area contributed by atoms with Gasteiger partial charge in [-0.2, -0.15) is 0 Å². The minimum Gasteiger partial charge on any atom is -0.475 e. The summed E-state index contributed by atoms with van der Waals surface area (Å²) in [5.41, 5.74) is 0.